The van der Waals surface area contributed by atoms with E-state index in [0.717, 1.165) is 16.2 Å². The molecule has 0 radical (unpaired) electrons. The minimum Gasteiger partial charge on any atom is -0.465 e. The first kappa shape index (κ1) is 28.7. The molecule has 1 aromatic heterocycles. The zero-order chi connectivity index (χ0) is 27.2. The van der Waals surface area contributed by atoms with E-state index in [0.29, 0.717) is 17.3 Å². The molecule has 12 nitrogen and oxygen atoms in total. The van der Waals surface area contributed by atoms with Gasteiger partial charge in [0.2, 0.25) is 5.12 Å². The molecule has 0 saturated carbocycles. The highest BCUT2D eigenvalue weighted by molar-refractivity contribution is 8.13. The maximum absolute atomic E-state index is 12.9. The van der Waals surface area contributed by atoms with E-state index in [2.05, 4.69) is 4.98 Å². The predicted molar refractivity (Wildman–Crippen MR) is 133 cm³/mol. The molecule has 1 aromatic carbocycles. The van der Waals surface area contributed by atoms with Crippen molar-refractivity contribution in [1.29, 1.82) is 0 Å². The number of pyridine rings is 1. The van der Waals surface area contributed by atoms with Gasteiger partial charge in [-0.15, -0.1) is 0 Å². The third-order valence-corrected chi connectivity index (χ3v) is 6.29. The maximum Gasteiger partial charge on any atom is 0.437 e. The highest BCUT2D eigenvalue weighted by Crippen LogP contribution is 2.32. The Labute approximate surface area is 229 Å². The molecule has 0 aliphatic carbocycles. The van der Waals surface area contributed by atoms with E-state index in [1.165, 1.54) is 12.1 Å². The van der Waals surface area contributed by atoms with Gasteiger partial charge >= 0.3 is 16.2 Å². The van der Waals surface area contributed by atoms with Crippen molar-refractivity contribution in [1.82, 2.24) is 14.9 Å². The van der Waals surface area contributed by atoms with Crippen molar-refractivity contribution in [2.75, 3.05) is 6.54 Å². The third-order valence-electron chi connectivity index (χ3n) is 5.14. The number of halogens is 3. The van der Waals surface area contributed by atoms with Gasteiger partial charge in [-0.25, -0.2) is 14.6 Å². The maximum atomic E-state index is 12.9. The number of aromatic nitrogens is 1. The molecule has 2 heterocycles. The van der Waals surface area contributed by atoms with E-state index in [1.54, 1.807) is 30.3 Å². The number of amides is 2. The van der Waals surface area contributed by atoms with Crippen molar-refractivity contribution in [2.24, 2.45) is 0 Å². The van der Waals surface area contributed by atoms with E-state index < -0.39 is 38.3 Å². The lowest BCUT2D eigenvalue weighted by Gasteiger charge is -2.40. The minimum absolute atomic E-state index is 0.0298. The normalized spacial score (nSPS) is 17.6. The summed E-state index contributed by atoms with van der Waals surface area (Å²) in [5.41, 5.74) is 0.460. The molecule has 37 heavy (non-hydrogen) atoms. The van der Waals surface area contributed by atoms with Gasteiger partial charge in [0, 0.05) is 12.6 Å². The Hall–Kier alpha value is -2.84. The summed E-state index contributed by atoms with van der Waals surface area (Å²) in [5.74, 6) is 0. The molecule has 1 aliphatic heterocycles. The minimum atomic E-state index is -2.39. The van der Waals surface area contributed by atoms with E-state index in [1.807, 2.05) is 0 Å². The number of carbonyl (C=O) groups is 3. The van der Waals surface area contributed by atoms with Crippen molar-refractivity contribution >= 4 is 69.6 Å². The summed E-state index contributed by atoms with van der Waals surface area (Å²) in [5, 5.41) is 21.0. The van der Waals surface area contributed by atoms with Gasteiger partial charge in [0.1, 0.15) is 23.9 Å². The number of hydrogen-bond acceptors (Lipinski definition) is 9. The van der Waals surface area contributed by atoms with Crippen LogP contribution >= 0.6 is 46.6 Å². The second kappa shape index (κ2) is 12.6. The van der Waals surface area contributed by atoms with Crippen LogP contribution in [0.5, 0.6) is 0 Å². The molecule has 0 unspecified atom stereocenters. The fourth-order valence-electron chi connectivity index (χ4n) is 3.48. The summed E-state index contributed by atoms with van der Waals surface area (Å²) in [6, 6.07) is 9.37. The van der Waals surface area contributed by atoms with Gasteiger partial charge in [0.25, 0.3) is 5.69 Å². The second-order valence-corrected chi connectivity index (χ2v) is 10.8. The molecule has 3 rings (SSSR count). The number of ether oxygens (including phenoxy) is 1. The zero-order valence-corrected chi connectivity index (χ0v) is 21.8. The predicted octanol–water partition coefficient (Wildman–Crippen LogP) is 5.02. The van der Waals surface area contributed by atoms with E-state index in [9.17, 15) is 29.6 Å². The molecular weight excluding hydrogens is 575 g/mol. The summed E-state index contributed by atoms with van der Waals surface area (Å²) < 4.78 is 2.39. The van der Waals surface area contributed by atoms with Crippen LogP contribution in [-0.4, -0.2) is 64.9 Å². The van der Waals surface area contributed by atoms with Crippen LogP contribution in [0.1, 0.15) is 18.4 Å². The number of hydroxylamine groups is 2. The summed E-state index contributed by atoms with van der Waals surface area (Å²) in [6.07, 6.45) is -1.38. The first-order chi connectivity index (χ1) is 17.4. The SMILES string of the molecule is O=C(Sc1ccc([N+](=O)[O-])cn1)[C@@H]1CC[C@@H](N(OCc2ccccc2)C(=O)OC(Cl)(Cl)Cl)CN1C(=O)O. The highest BCUT2D eigenvalue weighted by Gasteiger charge is 2.42. The number of piperidine rings is 1. The molecule has 1 N–H and O–H groups in total. The molecule has 2 atom stereocenters. The lowest BCUT2D eigenvalue weighted by Crippen LogP contribution is -2.56. The zero-order valence-electron chi connectivity index (χ0n) is 18.7. The number of carboxylic acid groups (broad SMARTS) is 1. The molecule has 0 bridgehead atoms. The molecule has 1 saturated heterocycles. The molecule has 16 heteroatoms. The van der Waals surface area contributed by atoms with Crippen LogP contribution in [0.25, 0.3) is 0 Å². The molecule has 2 amide bonds. The average molecular weight is 594 g/mol. The summed E-state index contributed by atoms with van der Waals surface area (Å²) in [6.45, 7) is -0.368. The molecular formula is C21H19Cl3N4O8S. The summed E-state index contributed by atoms with van der Waals surface area (Å²) in [4.78, 5) is 58.2. The Morgan fingerprint density at radius 1 is 1.19 bits per heavy atom. The number of nitro groups is 1. The Bertz CT molecular complexity index is 1140. The van der Waals surface area contributed by atoms with Gasteiger partial charge in [-0.2, -0.15) is 5.06 Å². The van der Waals surface area contributed by atoms with Gasteiger partial charge in [-0.05, 0) is 71.0 Å². The monoisotopic (exact) mass is 592 g/mol. The van der Waals surface area contributed by atoms with Gasteiger partial charge in [0.15, 0.2) is 0 Å². The van der Waals surface area contributed by atoms with Crippen molar-refractivity contribution in [3.63, 3.8) is 0 Å². The van der Waals surface area contributed by atoms with Crippen molar-refractivity contribution in [3.05, 3.63) is 64.3 Å². The fourth-order valence-corrected chi connectivity index (χ4v) is 4.51. The lowest BCUT2D eigenvalue weighted by molar-refractivity contribution is -0.385. The first-order valence-electron chi connectivity index (χ1n) is 10.5. The van der Waals surface area contributed by atoms with E-state index in [4.69, 9.17) is 44.4 Å². The Morgan fingerprint density at radius 2 is 1.89 bits per heavy atom. The number of rotatable bonds is 7. The Morgan fingerprint density at radius 3 is 2.46 bits per heavy atom. The van der Waals surface area contributed by atoms with Gasteiger partial charge in [-0.3, -0.25) is 24.6 Å². The van der Waals surface area contributed by atoms with Crippen LogP contribution in [0.15, 0.2) is 53.7 Å². The largest absolute Gasteiger partial charge is 0.465 e. The third kappa shape index (κ3) is 8.33. The molecule has 2 aromatic rings. The number of thioether (sulfide) groups is 1. The molecule has 198 valence electrons. The first-order valence-corrected chi connectivity index (χ1v) is 12.5. The topological polar surface area (TPSA) is 152 Å². The number of benzene rings is 1. The standard InChI is InChI=1S/C21H19Cl3N4O8S/c22-21(23,24)36-20(32)27(35-12-13-4-2-1-3-5-13)15-6-8-16(26(11-15)19(30)31)18(29)37-17-9-7-14(10-25-17)28(33)34/h1-5,7,9-10,15-16H,6,8,11-12H2,(H,30,31)/t15-,16+/m1/s1. The Kier molecular flexibility index (Phi) is 9.79. The summed E-state index contributed by atoms with van der Waals surface area (Å²) in [7, 11) is 0. The van der Waals surface area contributed by atoms with E-state index >= 15 is 0 Å². The average Bonchev–Trinajstić information content (AvgIpc) is 2.84. The number of alkyl halides is 3. The number of hydrogen-bond donors (Lipinski definition) is 1. The smallest absolute Gasteiger partial charge is 0.437 e. The fraction of sp³-hybridized carbons (Fsp3) is 0.333. The van der Waals surface area contributed by atoms with Crippen molar-refractivity contribution in [2.45, 2.75) is 40.5 Å². The number of nitrogens with zero attached hydrogens (tertiary/aromatic N) is 4. The van der Waals surface area contributed by atoms with Crippen LogP contribution in [0.2, 0.25) is 0 Å². The molecule has 1 aliphatic rings. The van der Waals surface area contributed by atoms with Gasteiger partial charge in [0.05, 0.1) is 11.0 Å². The van der Waals surface area contributed by atoms with Crippen LogP contribution in [0.3, 0.4) is 0 Å². The summed E-state index contributed by atoms with van der Waals surface area (Å²) >= 11 is 17.4. The number of likely N-dealkylation sites (tertiary alicyclic amines) is 1. The number of carbonyl (C=O) groups excluding carboxylic acids is 2. The highest BCUT2D eigenvalue weighted by atomic mass is 35.6. The van der Waals surface area contributed by atoms with Crippen LogP contribution in [0, 0.1) is 10.1 Å². The van der Waals surface area contributed by atoms with Gasteiger partial charge < -0.3 is 9.84 Å². The van der Waals surface area contributed by atoms with Crippen molar-refractivity contribution in [3.8, 4) is 0 Å². The van der Waals surface area contributed by atoms with Crippen LogP contribution in [-0.2, 0) is 21.0 Å². The quantitative estimate of drug-likeness (QED) is 0.200. The van der Waals surface area contributed by atoms with Crippen molar-refractivity contribution < 1.29 is 34.0 Å². The van der Waals surface area contributed by atoms with Gasteiger partial charge in [-0.1, -0.05) is 30.3 Å². The van der Waals surface area contributed by atoms with Crippen LogP contribution < -0.4 is 0 Å². The molecule has 1 fully saturated rings. The van der Waals surface area contributed by atoms with E-state index in [-0.39, 0.29) is 36.7 Å². The second-order valence-electron chi connectivity index (χ2n) is 7.61. The van der Waals surface area contributed by atoms with Crippen LogP contribution in [0.4, 0.5) is 15.3 Å². The Balaban J connectivity index is 1.74. The molecule has 0 spiro atoms. The lowest BCUT2D eigenvalue weighted by atomic mass is 9.99.